The Kier molecular flexibility index (Phi) is 5.44. The van der Waals surface area contributed by atoms with Crippen molar-refractivity contribution in [3.63, 3.8) is 0 Å². The third-order valence-corrected chi connectivity index (χ3v) is 5.24. The average Bonchev–Trinajstić information content (AvgIpc) is 2.43. The predicted molar refractivity (Wildman–Crippen MR) is 80.6 cm³/mol. The Morgan fingerprint density at radius 3 is 2.70 bits per heavy atom. The predicted octanol–water partition coefficient (Wildman–Crippen LogP) is 2.61. The van der Waals surface area contributed by atoms with Crippen LogP contribution in [0.15, 0.2) is 0 Å². The first kappa shape index (κ1) is 15.8. The molecule has 3 unspecified atom stereocenters. The number of fused-ring (bicyclic) bond motifs is 1. The first-order chi connectivity index (χ1) is 9.50. The van der Waals surface area contributed by atoms with E-state index < -0.39 is 11.5 Å². The van der Waals surface area contributed by atoms with Gasteiger partial charge in [0.25, 0.3) is 0 Å². The van der Waals surface area contributed by atoms with Crippen molar-refractivity contribution in [1.82, 2.24) is 4.90 Å². The van der Waals surface area contributed by atoms with E-state index in [1.165, 1.54) is 45.1 Å². The smallest absolute Gasteiger partial charge is 0.323 e. The second-order valence-electron chi connectivity index (χ2n) is 6.97. The standard InChI is InChI=1S/C16H30N2O2/c1-16(17,15(19)20)10-4-5-11-18-12-6-8-13-7-2-3-9-14(13)18/h13-14H,2-12,17H2,1H3,(H,19,20). The molecule has 116 valence electrons. The molecule has 2 fully saturated rings. The summed E-state index contributed by atoms with van der Waals surface area (Å²) < 4.78 is 0. The van der Waals surface area contributed by atoms with E-state index in [1.807, 2.05) is 0 Å². The van der Waals surface area contributed by atoms with Crippen molar-refractivity contribution in [2.24, 2.45) is 11.7 Å². The van der Waals surface area contributed by atoms with Gasteiger partial charge in [0, 0.05) is 6.04 Å². The summed E-state index contributed by atoms with van der Waals surface area (Å²) >= 11 is 0. The first-order valence-electron chi connectivity index (χ1n) is 8.27. The molecule has 2 aliphatic rings. The summed E-state index contributed by atoms with van der Waals surface area (Å²) in [5.41, 5.74) is 4.71. The monoisotopic (exact) mass is 282 g/mol. The number of carboxylic acid groups (broad SMARTS) is 1. The van der Waals surface area contributed by atoms with Gasteiger partial charge in [0.15, 0.2) is 0 Å². The lowest BCUT2D eigenvalue weighted by Gasteiger charge is -2.44. The molecule has 2 rings (SSSR count). The topological polar surface area (TPSA) is 66.6 Å². The Morgan fingerprint density at radius 2 is 1.95 bits per heavy atom. The second-order valence-corrected chi connectivity index (χ2v) is 6.97. The van der Waals surface area contributed by atoms with Gasteiger partial charge < -0.3 is 15.7 Å². The first-order valence-corrected chi connectivity index (χ1v) is 8.27. The molecule has 0 aromatic carbocycles. The van der Waals surface area contributed by atoms with Gasteiger partial charge in [-0.15, -0.1) is 0 Å². The van der Waals surface area contributed by atoms with Crippen molar-refractivity contribution >= 4 is 5.97 Å². The molecule has 4 nitrogen and oxygen atoms in total. The van der Waals surface area contributed by atoms with Crippen LogP contribution in [0.25, 0.3) is 0 Å². The van der Waals surface area contributed by atoms with E-state index in [2.05, 4.69) is 4.90 Å². The minimum absolute atomic E-state index is 0.574. The van der Waals surface area contributed by atoms with Crippen molar-refractivity contribution in [2.75, 3.05) is 13.1 Å². The summed E-state index contributed by atoms with van der Waals surface area (Å²) in [6.45, 7) is 3.98. The summed E-state index contributed by atoms with van der Waals surface area (Å²) in [7, 11) is 0. The van der Waals surface area contributed by atoms with Gasteiger partial charge in [0.2, 0.25) is 0 Å². The van der Waals surface area contributed by atoms with Crippen molar-refractivity contribution in [1.29, 1.82) is 0 Å². The maximum Gasteiger partial charge on any atom is 0.323 e. The van der Waals surface area contributed by atoms with Crippen LogP contribution in [0, 0.1) is 5.92 Å². The van der Waals surface area contributed by atoms with Crippen molar-refractivity contribution in [3.8, 4) is 0 Å². The number of unbranched alkanes of at least 4 members (excludes halogenated alkanes) is 1. The molecule has 1 aliphatic carbocycles. The molecule has 0 radical (unpaired) electrons. The zero-order chi connectivity index (χ0) is 14.6. The fourth-order valence-corrected chi connectivity index (χ4v) is 3.92. The molecule has 0 aromatic heterocycles. The number of likely N-dealkylation sites (tertiary alicyclic amines) is 1. The van der Waals surface area contributed by atoms with E-state index in [-0.39, 0.29) is 0 Å². The van der Waals surface area contributed by atoms with Crippen LogP contribution in [0.2, 0.25) is 0 Å². The van der Waals surface area contributed by atoms with Crippen molar-refractivity contribution < 1.29 is 9.90 Å². The van der Waals surface area contributed by atoms with Crippen molar-refractivity contribution in [2.45, 2.75) is 76.3 Å². The van der Waals surface area contributed by atoms with E-state index in [9.17, 15) is 4.79 Å². The van der Waals surface area contributed by atoms with Crippen LogP contribution >= 0.6 is 0 Å². The number of hydrogen-bond acceptors (Lipinski definition) is 3. The zero-order valence-corrected chi connectivity index (χ0v) is 12.8. The Balaban J connectivity index is 1.72. The molecule has 1 saturated carbocycles. The highest BCUT2D eigenvalue weighted by Gasteiger charge is 2.33. The molecule has 3 N–H and O–H groups in total. The lowest BCUT2D eigenvalue weighted by atomic mass is 9.78. The largest absolute Gasteiger partial charge is 0.480 e. The summed E-state index contributed by atoms with van der Waals surface area (Å²) in [4.78, 5) is 13.6. The quantitative estimate of drug-likeness (QED) is 0.735. The minimum Gasteiger partial charge on any atom is -0.480 e. The molecule has 3 atom stereocenters. The van der Waals surface area contributed by atoms with Gasteiger partial charge in [-0.05, 0) is 70.9 Å². The minimum atomic E-state index is -1.06. The van der Waals surface area contributed by atoms with E-state index >= 15 is 0 Å². The number of piperidine rings is 1. The van der Waals surface area contributed by atoms with E-state index in [0.29, 0.717) is 6.42 Å². The summed E-state index contributed by atoms with van der Waals surface area (Å²) in [6, 6.07) is 0.807. The highest BCUT2D eigenvalue weighted by molar-refractivity contribution is 5.77. The van der Waals surface area contributed by atoms with Gasteiger partial charge in [-0.25, -0.2) is 0 Å². The summed E-state index contributed by atoms with van der Waals surface area (Å²) in [5.74, 6) is 0.0408. The molecule has 4 heteroatoms. The maximum absolute atomic E-state index is 11.0. The van der Waals surface area contributed by atoms with Gasteiger partial charge in [0.1, 0.15) is 5.54 Å². The highest BCUT2D eigenvalue weighted by Crippen LogP contribution is 2.35. The number of aliphatic carboxylic acids is 1. The van der Waals surface area contributed by atoms with Gasteiger partial charge in [-0.3, -0.25) is 4.79 Å². The molecule has 0 spiro atoms. The molecule has 0 bridgehead atoms. The van der Waals surface area contributed by atoms with Crippen LogP contribution in [-0.2, 0) is 4.79 Å². The fourth-order valence-electron chi connectivity index (χ4n) is 3.92. The second kappa shape index (κ2) is 6.90. The van der Waals surface area contributed by atoms with Gasteiger partial charge in [-0.2, -0.15) is 0 Å². The van der Waals surface area contributed by atoms with Crippen LogP contribution in [-0.4, -0.2) is 40.6 Å². The normalized spacial score (nSPS) is 30.5. The molecule has 1 saturated heterocycles. The SMILES string of the molecule is CC(N)(CCCCN1CCCC2CCCCC21)C(=O)O. The molecular weight excluding hydrogens is 252 g/mol. The Labute approximate surface area is 122 Å². The third-order valence-electron chi connectivity index (χ3n) is 5.24. The van der Waals surface area contributed by atoms with E-state index in [1.54, 1.807) is 6.92 Å². The Morgan fingerprint density at radius 1 is 1.25 bits per heavy atom. The Hall–Kier alpha value is -0.610. The van der Waals surface area contributed by atoms with E-state index in [0.717, 1.165) is 31.3 Å². The molecule has 0 aromatic rings. The van der Waals surface area contributed by atoms with Crippen LogP contribution in [0.5, 0.6) is 0 Å². The number of rotatable bonds is 6. The average molecular weight is 282 g/mol. The Bertz CT molecular complexity index is 328. The van der Waals surface area contributed by atoms with Crippen LogP contribution in [0.4, 0.5) is 0 Å². The van der Waals surface area contributed by atoms with Gasteiger partial charge in [0.05, 0.1) is 0 Å². The van der Waals surface area contributed by atoms with Crippen LogP contribution in [0.1, 0.15) is 64.7 Å². The van der Waals surface area contributed by atoms with Gasteiger partial charge in [-0.1, -0.05) is 12.8 Å². The van der Waals surface area contributed by atoms with Crippen molar-refractivity contribution in [3.05, 3.63) is 0 Å². The number of carboxylic acids is 1. The molecular formula is C16H30N2O2. The van der Waals surface area contributed by atoms with Gasteiger partial charge >= 0.3 is 5.97 Å². The number of hydrogen-bond donors (Lipinski definition) is 2. The summed E-state index contributed by atoms with van der Waals surface area (Å²) in [6.07, 6.45) is 10.9. The molecule has 20 heavy (non-hydrogen) atoms. The van der Waals surface area contributed by atoms with E-state index in [4.69, 9.17) is 10.8 Å². The zero-order valence-electron chi connectivity index (χ0n) is 12.8. The number of carbonyl (C=O) groups is 1. The third kappa shape index (κ3) is 3.95. The van der Waals surface area contributed by atoms with Crippen LogP contribution < -0.4 is 5.73 Å². The lowest BCUT2D eigenvalue weighted by molar-refractivity contribution is -0.142. The molecule has 1 heterocycles. The summed E-state index contributed by atoms with van der Waals surface area (Å²) in [5, 5.41) is 9.01. The maximum atomic E-state index is 11.0. The molecule has 1 aliphatic heterocycles. The molecule has 0 amide bonds. The number of nitrogens with two attached hydrogens (primary N) is 1. The van der Waals surface area contributed by atoms with Crippen LogP contribution in [0.3, 0.4) is 0 Å². The number of nitrogens with zero attached hydrogens (tertiary/aromatic N) is 1. The lowest BCUT2D eigenvalue weighted by Crippen LogP contribution is -2.47. The fraction of sp³-hybridized carbons (Fsp3) is 0.938. The highest BCUT2D eigenvalue weighted by atomic mass is 16.4.